The molecule has 2 aromatic carbocycles. The van der Waals surface area contributed by atoms with E-state index in [0.29, 0.717) is 6.04 Å². The second kappa shape index (κ2) is 9.62. The maximum absolute atomic E-state index is 12.5. The Morgan fingerprint density at radius 2 is 1.54 bits per heavy atom. The Morgan fingerprint density at radius 1 is 0.929 bits per heavy atom. The average Bonchev–Trinajstić information content (AvgIpc) is 2.71. The first kappa shape index (κ1) is 20.9. The fourth-order valence-corrected chi connectivity index (χ4v) is 4.26. The van der Waals surface area contributed by atoms with Crippen LogP contribution in [0, 0.1) is 5.92 Å². The summed E-state index contributed by atoms with van der Waals surface area (Å²) in [7, 11) is 0. The van der Waals surface area contributed by atoms with Gasteiger partial charge < -0.3 is 5.32 Å². The van der Waals surface area contributed by atoms with Crippen molar-refractivity contribution in [1.82, 2.24) is 4.72 Å². The first-order valence-electron chi connectivity index (χ1n) is 10.3. The van der Waals surface area contributed by atoms with E-state index >= 15 is 0 Å². The van der Waals surface area contributed by atoms with Gasteiger partial charge in [-0.05, 0) is 76.6 Å². The van der Waals surface area contributed by atoms with Gasteiger partial charge in [-0.3, -0.25) is 9.52 Å². The molecule has 0 bridgehead atoms. The summed E-state index contributed by atoms with van der Waals surface area (Å²) in [4.78, 5) is 12.5. The Balaban J connectivity index is 1.43. The van der Waals surface area contributed by atoms with E-state index in [0.717, 1.165) is 29.3 Å². The minimum Gasteiger partial charge on any atom is -0.385 e. The molecular formula is C24H32N2OS. The molecule has 3 nitrogen and oxygen atoms in total. The molecule has 0 atom stereocenters. The minimum atomic E-state index is 0.0751. The van der Waals surface area contributed by atoms with E-state index in [1.54, 1.807) is 0 Å². The molecule has 1 aliphatic carbocycles. The molecule has 0 unspecified atom stereocenters. The van der Waals surface area contributed by atoms with Crippen molar-refractivity contribution in [2.45, 2.75) is 57.2 Å². The first-order chi connectivity index (χ1) is 13.4. The quantitative estimate of drug-likeness (QED) is 0.450. The van der Waals surface area contributed by atoms with Crippen LogP contribution in [0.1, 0.15) is 62.4 Å². The highest BCUT2D eigenvalue weighted by atomic mass is 32.2. The number of anilines is 1. The molecule has 0 heterocycles. The molecule has 0 aromatic heterocycles. The van der Waals surface area contributed by atoms with Gasteiger partial charge in [-0.1, -0.05) is 42.3 Å². The molecule has 0 spiro atoms. The summed E-state index contributed by atoms with van der Waals surface area (Å²) < 4.78 is 3.92. The predicted molar refractivity (Wildman–Crippen MR) is 121 cm³/mol. The maximum atomic E-state index is 12.5. The van der Waals surface area contributed by atoms with Crippen LogP contribution in [0.15, 0.2) is 54.6 Å². The third-order valence-electron chi connectivity index (χ3n) is 5.16. The fraction of sp³-hybridized carbons (Fsp3) is 0.458. The van der Waals surface area contributed by atoms with Gasteiger partial charge in [0, 0.05) is 34.1 Å². The summed E-state index contributed by atoms with van der Waals surface area (Å²) in [6.07, 6.45) is 5.03. The van der Waals surface area contributed by atoms with Crippen molar-refractivity contribution >= 4 is 23.4 Å². The number of carbonyl (C=O) groups excluding carboxylic acids is 1. The Kier molecular flexibility index (Phi) is 7.19. The topological polar surface area (TPSA) is 41.1 Å². The van der Waals surface area contributed by atoms with E-state index in [2.05, 4.69) is 30.8 Å². The van der Waals surface area contributed by atoms with Crippen molar-refractivity contribution in [1.29, 1.82) is 0 Å². The summed E-state index contributed by atoms with van der Waals surface area (Å²) in [5.41, 5.74) is 2.56. The third-order valence-corrected chi connectivity index (χ3v) is 6.22. The van der Waals surface area contributed by atoms with E-state index < -0.39 is 0 Å². The lowest BCUT2D eigenvalue weighted by molar-refractivity contribution is 0.103. The van der Waals surface area contributed by atoms with Crippen molar-refractivity contribution in [2.75, 3.05) is 11.9 Å². The monoisotopic (exact) mass is 396 g/mol. The third kappa shape index (κ3) is 6.39. The second-order valence-electron chi connectivity index (χ2n) is 8.70. The number of hydrogen-bond donors (Lipinski definition) is 2. The molecule has 1 saturated carbocycles. The smallest absolute Gasteiger partial charge is 0.193 e. The van der Waals surface area contributed by atoms with Gasteiger partial charge in [0.1, 0.15) is 0 Å². The molecule has 28 heavy (non-hydrogen) atoms. The van der Waals surface area contributed by atoms with Crippen molar-refractivity contribution in [3.63, 3.8) is 0 Å². The van der Waals surface area contributed by atoms with E-state index in [1.807, 2.05) is 66.5 Å². The molecule has 1 aliphatic rings. The van der Waals surface area contributed by atoms with E-state index in [1.165, 1.54) is 25.7 Å². The standard InChI is InChI=1S/C24H32N2OS/c1-24(2,3)28-26-22-13-9-18(10-14-22)17-25-21-15-11-20(12-16-21)23(27)19-7-5-4-6-8-19/h4-8,11-12,15-16,18,22,25-26H,9-10,13-14,17H2,1-3H3/t18-,22-. The van der Waals surface area contributed by atoms with E-state index in [-0.39, 0.29) is 10.5 Å². The number of nitrogens with one attached hydrogen (secondary N) is 2. The summed E-state index contributed by atoms with van der Waals surface area (Å²) in [6, 6.07) is 18.0. The van der Waals surface area contributed by atoms with Gasteiger partial charge in [0.05, 0.1) is 0 Å². The number of benzene rings is 2. The Labute approximate surface area is 173 Å². The summed E-state index contributed by atoms with van der Waals surface area (Å²) >= 11 is 1.86. The number of hydrogen-bond acceptors (Lipinski definition) is 4. The second-order valence-corrected chi connectivity index (χ2v) is 10.4. The van der Waals surface area contributed by atoms with Crippen LogP contribution >= 0.6 is 11.9 Å². The van der Waals surface area contributed by atoms with Gasteiger partial charge in [-0.25, -0.2) is 0 Å². The number of carbonyl (C=O) groups is 1. The van der Waals surface area contributed by atoms with E-state index in [9.17, 15) is 4.79 Å². The van der Waals surface area contributed by atoms with Gasteiger partial charge in [0.25, 0.3) is 0 Å². The molecule has 0 amide bonds. The summed E-state index contributed by atoms with van der Waals surface area (Å²) in [6.45, 7) is 7.75. The molecule has 0 saturated heterocycles. The highest BCUT2D eigenvalue weighted by Gasteiger charge is 2.22. The normalized spacial score (nSPS) is 20.0. The zero-order chi connectivity index (χ0) is 20.0. The van der Waals surface area contributed by atoms with Crippen LogP contribution in [0.4, 0.5) is 5.69 Å². The largest absolute Gasteiger partial charge is 0.385 e. The molecule has 0 radical (unpaired) electrons. The minimum absolute atomic E-state index is 0.0751. The summed E-state index contributed by atoms with van der Waals surface area (Å²) in [5.74, 6) is 0.800. The Morgan fingerprint density at radius 3 is 2.14 bits per heavy atom. The van der Waals surface area contributed by atoms with Gasteiger partial charge in [-0.2, -0.15) is 0 Å². The van der Waals surface area contributed by atoms with Gasteiger partial charge in [0.15, 0.2) is 5.78 Å². The van der Waals surface area contributed by atoms with Gasteiger partial charge in [-0.15, -0.1) is 0 Å². The van der Waals surface area contributed by atoms with Crippen LogP contribution in [-0.4, -0.2) is 23.1 Å². The molecule has 1 fully saturated rings. The van der Waals surface area contributed by atoms with Crippen molar-refractivity contribution in [3.05, 3.63) is 65.7 Å². The van der Waals surface area contributed by atoms with Crippen molar-refractivity contribution < 1.29 is 4.79 Å². The zero-order valence-electron chi connectivity index (χ0n) is 17.2. The van der Waals surface area contributed by atoms with Gasteiger partial charge >= 0.3 is 0 Å². The SMILES string of the molecule is CC(C)(C)SN[C@H]1CC[C@H](CNc2ccc(C(=O)c3ccccc3)cc2)CC1. The Hall–Kier alpha value is -1.78. The molecule has 2 aromatic rings. The number of rotatable bonds is 7. The molecule has 3 rings (SSSR count). The van der Waals surface area contributed by atoms with Crippen molar-refractivity contribution in [2.24, 2.45) is 5.92 Å². The van der Waals surface area contributed by atoms with Crippen molar-refractivity contribution in [3.8, 4) is 0 Å². The molecule has 0 aliphatic heterocycles. The molecule has 2 N–H and O–H groups in total. The van der Waals surface area contributed by atoms with Crippen LogP contribution in [-0.2, 0) is 0 Å². The van der Waals surface area contributed by atoms with Crippen LogP contribution in [0.5, 0.6) is 0 Å². The highest BCUT2D eigenvalue weighted by Crippen LogP contribution is 2.28. The first-order valence-corrected chi connectivity index (χ1v) is 11.1. The lowest BCUT2D eigenvalue weighted by atomic mass is 9.86. The number of ketones is 1. The fourth-order valence-electron chi connectivity index (χ4n) is 3.50. The summed E-state index contributed by atoms with van der Waals surface area (Å²) in [5, 5.41) is 3.55. The predicted octanol–water partition coefficient (Wildman–Crippen LogP) is 5.92. The van der Waals surface area contributed by atoms with Crippen LogP contribution in [0.2, 0.25) is 0 Å². The highest BCUT2D eigenvalue weighted by molar-refractivity contribution is 7.98. The van der Waals surface area contributed by atoms with E-state index in [4.69, 9.17) is 0 Å². The van der Waals surface area contributed by atoms with Gasteiger partial charge in [0.2, 0.25) is 0 Å². The lowest BCUT2D eigenvalue weighted by Gasteiger charge is -2.31. The Bertz CT molecular complexity index is 744. The molecule has 4 heteroatoms. The van der Waals surface area contributed by atoms with Crippen LogP contribution in [0.25, 0.3) is 0 Å². The molecular weight excluding hydrogens is 364 g/mol. The van der Waals surface area contributed by atoms with Crippen LogP contribution in [0.3, 0.4) is 0 Å². The zero-order valence-corrected chi connectivity index (χ0v) is 18.0. The maximum Gasteiger partial charge on any atom is 0.193 e. The average molecular weight is 397 g/mol. The molecule has 150 valence electrons. The lowest BCUT2D eigenvalue weighted by Crippen LogP contribution is -2.33. The van der Waals surface area contributed by atoms with Crippen LogP contribution < -0.4 is 10.0 Å².